The van der Waals surface area contributed by atoms with Crippen molar-refractivity contribution in [3.8, 4) is 5.75 Å². The van der Waals surface area contributed by atoms with E-state index >= 15 is 0 Å². The first-order valence-corrected chi connectivity index (χ1v) is 13.0. The van der Waals surface area contributed by atoms with Gasteiger partial charge in [-0.05, 0) is 72.5 Å². The standard InChI is InChI=1S/C20H30BrN3O4Si/c1-19(2,3)27-18(26)24-17(15(25)12-23-22)13-9-10-16(14(21)11-13)28-29(7,8)20(4,5)6/h9-12,17H,1-8H3,(H,24,26)/t17-/m0/s1. The van der Waals surface area contributed by atoms with Gasteiger partial charge < -0.3 is 20.0 Å². The van der Waals surface area contributed by atoms with Gasteiger partial charge in [-0.25, -0.2) is 4.79 Å². The Morgan fingerprint density at radius 1 is 1.21 bits per heavy atom. The van der Waals surface area contributed by atoms with E-state index < -0.39 is 31.8 Å². The Kier molecular flexibility index (Phi) is 7.99. The maximum Gasteiger partial charge on any atom is 0.408 e. The maximum atomic E-state index is 12.4. The van der Waals surface area contributed by atoms with E-state index in [1.165, 1.54) is 0 Å². The van der Waals surface area contributed by atoms with Crippen molar-refractivity contribution in [2.45, 2.75) is 71.3 Å². The molecule has 0 saturated heterocycles. The Labute approximate surface area is 182 Å². The summed E-state index contributed by atoms with van der Waals surface area (Å²) in [6.45, 7) is 15.9. The second kappa shape index (κ2) is 9.24. The Morgan fingerprint density at radius 2 is 1.79 bits per heavy atom. The summed E-state index contributed by atoms with van der Waals surface area (Å²) in [6.07, 6.45) is -0.00407. The van der Waals surface area contributed by atoms with Gasteiger partial charge in [-0.15, -0.1) is 0 Å². The average molecular weight is 484 g/mol. The first kappa shape index (κ1) is 25.1. The summed E-state index contributed by atoms with van der Waals surface area (Å²) in [7, 11) is -2.05. The van der Waals surface area contributed by atoms with E-state index in [4.69, 9.17) is 14.7 Å². The van der Waals surface area contributed by atoms with E-state index in [1.807, 2.05) is 0 Å². The molecule has 0 aliphatic heterocycles. The molecule has 160 valence electrons. The molecule has 0 aliphatic carbocycles. The second-order valence-electron chi connectivity index (χ2n) is 9.28. The van der Waals surface area contributed by atoms with Crippen molar-refractivity contribution >= 4 is 42.3 Å². The minimum absolute atomic E-state index is 0.0273. The van der Waals surface area contributed by atoms with Crippen LogP contribution >= 0.6 is 15.9 Å². The van der Waals surface area contributed by atoms with Gasteiger partial charge in [-0.1, -0.05) is 26.8 Å². The number of rotatable bonds is 6. The third kappa shape index (κ3) is 7.42. The first-order chi connectivity index (χ1) is 13.1. The van der Waals surface area contributed by atoms with Crippen LogP contribution in [0.5, 0.6) is 5.75 Å². The number of amides is 1. The fraction of sp³-hybridized carbons (Fsp3) is 0.550. The number of Topliss-reactive ketones (excluding diaryl/α,β-unsaturated/α-hetero) is 1. The normalized spacial score (nSPS) is 13.1. The lowest BCUT2D eigenvalue weighted by Crippen LogP contribution is -2.44. The average Bonchev–Trinajstić information content (AvgIpc) is 2.52. The molecule has 29 heavy (non-hydrogen) atoms. The van der Waals surface area contributed by atoms with Crippen LogP contribution in [0.3, 0.4) is 0 Å². The highest BCUT2D eigenvalue weighted by molar-refractivity contribution is 9.10. The molecule has 0 radical (unpaired) electrons. The highest BCUT2D eigenvalue weighted by atomic mass is 79.9. The zero-order valence-corrected chi connectivity index (χ0v) is 20.9. The van der Waals surface area contributed by atoms with E-state index in [0.29, 0.717) is 15.8 Å². The van der Waals surface area contributed by atoms with Gasteiger partial charge in [0.1, 0.15) is 17.4 Å². The molecule has 7 nitrogen and oxygen atoms in total. The molecule has 1 rings (SSSR count). The van der Waals surface area contributed by atoms with Crippen LogP contribution in [-0.2, 0) is 9.53 Å². The van der Waals surface area contributed by atoms with Crippen molar-refractivity contribution in [3.63, 3.8) is 0 Å². The summed E-state index contributed by atoms with van der Waals surface area (Å²) in [5, 5.41) is 2.55. The number of hydrogen-bond acceptors (Lipinski definition) is 4. The maximum absolute atomic E-state index is 12.4. The number of carbonyl (C=O) groups excluding carboxylic acids is 2. The van der Waals surface area contributed by atoms with Crippen LogP contribution in [0.15, 0.2) is 22.7 Å². The third-order valence-electron chi connectivity index (χ3n) is 4.59. The molecule has 0 heterocycles. The summed E-state index contributed by atoms with van der Waals surface area (Å²) in [4.78, 5) is 27.3. The number of nitrogens with zero attached hydrogens (tertiary/aromatic N) is 2. The molecule has 1 amide bonds. The largest absolute Gasteiger partial charge is 0.543 e. The molecule has 1 aromatic rings. The number of nitrogens with one attached hydrogen (secondary N) is 1. The van der Waals surface area contributed by atoms with Crippen LogP contribution in [0.25, 0.3) is 5.53 Å². The fourth-order valence-electron chi connectivity index (χ4n) is 2.08. The number of ether oxygens (including phenoxy) is 1. The zero-order chi connectivity index (χ0) is 22.6. The van der Waals surface area contributed by atoms with Gasteiger partial charge in [0.2, 0.25) is 0 Å². The van der Waals surface area contributed by atoms with Gasteiger partial charge in [0, 0.05) is 0 Å². The summed E-state index contributed by atoms with van der Waals surface area (Å²) in [5.41, 5.74) is 8.51. The van der Waals surface area contributed by atoms with Crippen molar-refractivity contribution < 1.29 is 23.5 Å². The van der Waals surface area contributed by atoms with Crippen LogP contribution < -0.4 is 9.74 Å². The Bertz CT molecular complexity index is 822. The lowest BCUT2D eigenvalue weighted by atomic mass is 10.0. The summed E-state index contributed by atoms with van der Waals surface area (Å²) < 4.78 is 12.2. The number of hydrogen-bond donors (Lipinski definition) is 1. The van der Waals surface area contributed by atoms with Gasteiger partial charge in [0.05, 0.1) is 4.47 Å². The SMILES string of the molecule is CC(C)(C)OC(=O)N[C@H](C(=O)C=[N+]=[N-])c1ccc(O[Si](C)(C)C(C)(C)C)c(Br)c1. The van der Waals surface area contributed by atoms with Crippen molar-refractivity contribution in [1.82, 2.24) is 5.32 Å². The van der Waals surface area contributed by atoms with Crippen molar-refractivity contribution in [2.75, 3.05) is 0 Å². The molecular formula is C20H30BrN3O4Si. The predicted octanol–water partition coefficient (Wildman–Crippen LogP) is 5.27. The predicted molar refractivity (Wildman–Crippen MR) is 119 cm³/mol. The van der Waals surface area contributed by atoms with Crippen LogP contribution in [-0.4, -0.2) is 36.8 Å². The third-order valence-corrected chi connectivity index (χ3v) is 9.55. The smallest absolute Gasteiger partial charge is 0.408 e. The van der Waals surface area contributed by atoms with Crippen LogP contribution in [0.4, 0.5) is 4.79 Å². The molecule has 0 unspecified atom stereocenters. The molecule has 1 N–H and O–H groups in total. The van der Waals surface area contributed by atoms with Gasteiger partial charge in [0.25, 0.3) is 14.1 Å². The van der Waals surface area contributed by atoms with Crippen molar-refractivity contribution in [2.24, 2.45) is 0 Å². The van der Waals surface area contributed by atoms with E-state index in [-0.39, 0.29) is 5.04 Å². The lowest BCUT2D eigenvalue weighted by molar-refractivity contribution is -0.118. The van der Waals surface area contributed by atoms with Gasteiger partial charge in [-0.3, -0.25) is 4.79 Å². The van der Waals surface area contributed by atoms with E-state index in [9.17, 15) is 9.59 Å². The van der Waals surface area contributed by atoms with Crippen LogP contribution in [0.1, 0.15) is 53.1 Å². The van der Waals surface area contributed by atoms with Crippen LogP contribution in [0.2, 0.25) is 18.1 Å². The lowest BCUT2D eigenvalue weighted by Gasteiger charge is -2.36. The molecule has 1 aromatic carbocycles. The minimum Gasteiger partial charge on any atom is -0.543 e. The second-order valence-corrected chi connectivity index (χ2v) is 14.9. The number of halogens is 1. The van der Waals surface area contributed by atoms with Crippen molar-refractivity contribution in [1.29, 1.82) is 0 Å². The Hall–Kier alpha value is -1.96. The molecule has 0 bridgehead atoms. The molecule has 0 aliphatic rings. The summed E-state index contributed by atoms with van der Waals surface area (Å²) >= 11 is 3.50. The topological polar surface area (TPSA) is 101 Å². The quantitative estimate of drug-likeness (QED) is 0.257. The van der Waals surface area contributed by atoms with Crippen LogP contribution in [0, 0.1) is 0 Å². The molecule has 0 spiro atoms. The molecule has 9 heteroatoms. The highest BCUT2D eigenvalue weighted by Gasteiger charge is 2.39. The van der Waals surface area contributed by atoms with Gasteiger partial charge in [-0.2, -0.15) is 4.79 Å². The molecule has 0 aromatic heterocycles. The molecular weight excluding hydrogens is 454 g/mol. The number of benzene rings is 1. The van der Waals surface area contributed by atoms with E-state index in [1.54, 1.807) is 39.0 Å². The highest BCUT2D eigenvalue weighted by Crippen LogP contribution is 2.39. The Morgan fingerprint density at radius 3 is 2.24 bits per heavy atom. The van der Waals surface area contributed by atoms with Crippen molar-refractivity contribution in [3.05, 3.63) is 33.8 Å². The number of alkyl carbamates (subject to hydrolysis) is 1. The first-order valence-electron chi connectivity index (χ1n) is 9.26. The monoisotopic (exact) mass is 483 g/mol. The Balaban J connectivity index is 3.21. The number of carbonyl (C=O) groups is 2. The fourth-order valence-corrected chi connectivity index (χ4v) is 3.74. The summed E-state index contributed by atoms with van der Waals surface area (Å²) in [6, 6.07) is 4.08. The summed E-state index contributed by atoms with van der Waals surface area (Å²) in [5.74, 6) is 0.0722. The molecule has 0 saturated carbocycles. The number of ketones is 1. The molecule has 0 fully saturated rings. The van der Waals surface area contributed by atoms with E-state index in [2.05, 4.69) is 59.9 Å². The molecule has 1 atom stereocenters. The van der Waals surface area contributed by atoms with Gasteiger partial charge >= 0.3 is 12.3 Å². The minimum atomic E-state index is -2.05. The zero-order valence-electron chi connectivity index (χ0n) is 18.3. The van der Waals surface area contributed by atoms with E-state index in [0.717, 1.165) is 6.21 Å². The van der Waals surface area contributed by atoms with Gasteiger partial charge in [0.15, 0.2) is 0 Å².